The summed E-state index contributed by atoms with van der Waals surface area (Å²) in [5.41, 5.74) is 2.37. The number of carbonyl (C=O) groups excluding carboxylic acids is 1. The summed E-state index contributed by atoms with van der Waals surface area (Å²) in [6.45, 7) is 6.12. The van der Waals surface area contributed by atoms with E-state index < -0.39 is 0 Å². The van der Waals surface area contributed by atoms with E-state index in [0.29, 0.717) is 55.3 Å². The lowest BCUT2D eigenvalue weighted by atomic mass is 9.82. The molecule has 0 aliphatic carbocycles. The van der Waals surface area contributed by atoms with Crippen LogP contribution in [0.4, 0.5) is 5.69 Å². The van der Waals surface area contributed by atoms with Gasteiger partial charge in [0.1, 0.15) is 12.0 Å². The Balaban J connectivity index is 1.68. The summed E-state index contributed by atoms with van der Waals surface area (Å²) < 4.78 is 8.61. The zero-order valence-electron chi connectivity index (χ0n) is 16.6. The first-order chi connectivity index (χ1) is 14.2. The van der Waals surface area contributed by atoms with E-state index in [2.05, 4.69) is 20.3 Å². The van der Waals surface area contributed by atoms with Crippen LogP contribution in [-0.4, -0.2) is 64.3 Å². The predicted molar refractivity (Wildman–Crippen MR) is 108 cm³/mol. The summed E-state index contributed by atoms with van der Waals surface area (Å²) in [5, 5.41) is 7.99. The predicted octanol–water partition coefficient (Wildman–Crippen LogP) is 0.254. The molecule has 0 bridgehead atoms. The van der Waals surface area contributed by atoms with E-state index in [1.165, 1.54) is 4.52 Å². The highest BCUT2D eigenvalue weighted by Crippen LogP contribution is 2.35. The summed E-state index contributed by atoms with van der Waals surface area (Å²) >= 11 is 0. The van der Waals surface area contributed by atoms with E-state index in [9.17, 15) is 9.59 Å². The second-order valence-corrected chi connectivity index (χ2v) is 7.91. The minimum Gasteiger partial charge on any atom is -0.377 e. The Bertz CT molecular complexity index is 1040. The fourth-order valence-electron chi connectivity index (χ4n) is 4.85. The Morgan fingerprint density at radius 3 is 3.03 bits per heavy atom. The van der Waals surface area contributed by atoms with Crippen LogP contribution < -0.4 is 15.8 Å². The number of anilines is 1. The minimum absolute atomic E-state index is 0.144. The molecule has 3 aliphatic heterocycles. The van der Waals surface area contributed by atoms with E-state index in [0.717, 1.165) is 43.6 Å². The van der Waals surface area contributed by atoms with Gasteiger partial charge < -0.3 is 24.3 Å². The van der Waals surface area contributed by atoms with Crippen LogP contribution in [0.3, 0.4) is 0 Å². The smallest absolute Gasteiger partial charge is 0.299 e. The third-order valence-corrected chi connectivity index (χ3v) is 6.38. The topological polar surface area (TPSA) is 93.8 Å². The lowest BCUT2D eigenvalue weighted by Gasteiger charge is -2.52. The summed E-state index contributed by atoms with van der Waals surface area (Å²) in [5.74, 6) is 1.60. The second-order valence-electron chi connectivity index (χ2n) is 7.91. The highest BCUT2D eigenvalue weighted by atomic mass is 16.5. The molecule has 1 N–H and O–H groups in total. The molecule has 5 rings (SSSR count). The molecule has 154 valence electrons. The van der Waals surface area contributed by atoms with E-state index >= 15 is 0 Å². The molecule has 2 aromatic rings. The molecule has 3 aliphatic rings. The van der Waals surface area contributed by atoms with Crippen LogP contribution in [0.25, 0.3) is 11.4 Å². The molecule has 9 heteroatoms. The standard InChI is InChI=1S/C20H26N6O3/c1-2-15-17(25-12-14-3-6-21-11-16(14)25)19(28)26-20(24(15)7-8-27)22-18(23-26)13-4-9-29-10-5-13/h4,8,14,16,21H,2-3,5-7,9-12H2,1H3. The normalized spacial score (nSPS) is 24.2. The van der Waals surface area contributed by atoms with Crippen molar-refractivity contribution in [3.8, 4) is 0 Å². The summed E-state index contributed by atoms with van der Waals surface area (Å²) in [6.07, 6.45) is 5.32. The Labute approximate surface area is 168 Å². The van der Waals surface area contributed by atoms with Gasteiger partial charge in [-0.15, -0.1) is 5.10 Å². The van der Waals surface area contributed by atoms with Gasteiger partial charge in [0.2, 0.25) is 5.78 Å². The van der Waals surface area contributed by atoms with Crippen molar-refractivity contribution in [2.75, 3.05) is 37.7 Å². The maximum absolute atomic E-state index is 13.5. The molecule has 9 nitrogen and oxygen atoms in total. The van der Waals surface area contributed by atoms with Crippen LogP contribution in [0.2, 0.25) is 0 Å². The van der Waals surface area contributed by atoms with Gasteiger partial charge >= 0.3 is 0 Å². The van der Waals surface area contributed by atoms with Gasteiger partial charge in [-0.05, 0) is 37.3 Å². The Morgan fingerprint density at radius 2 is 2.31 bits per heavy atom. The Hall–Kier alpha value is -2.52. The van der Waals surface area contributed by atoms with Crippen molar-refractivity contribution in [2.24, 2.45) is 5.92 Å². The quantitative estimate of drug-likeness (QED) is 0.722. The van der Waals surface area contributed by atoms with E-state index in [-0.39, 0.29) is 12.1 Å². The van der Waals surface area contributed by atoms with Crippen molar-refractivity contribution < 1.29 is 9.53 Å². The molecule has 0 amide bonds. The van der Waals surface area contributed by atoms with Gasteiger partial charge in [0.25, 0.3) is 5.56 Å². The number of fused-ring (bicyclic) bond motifs is 2. The van der Waals surface area contributed by atoms with Crippen LogP contribution >= 0.6 is 0 Å². The number of nitrogens with zero attached hydrogens (tertiary/aromatic N) is 5. The fraction of sp³-hybridized carbons (Fsp3) is 0.600. The maximum atomic E-state index is 13.5. The van der Waals surface area contributed by atoms with Gasteiger partial charge in [0.05, 0.1) is 25.5 Å². The number of aromatic nitrogens is 4. The van der Waals surface area contributed by atoms with Crippen molar-refractivity contribution in [3.63, 3.8) is 0 Å². The first-order valence-corrected chi connectivity index (χ1v) is 10.4. The van der Waals surface area contributed by atoms with Crippen LogP contribution in [0.5, 0.6) is 0 Å². The zero-order chi connectivity index (χ0) is 20.0. The van der Waals surface area contributed by atoms with Crippen LogP contribution in [0.1, 0.15) is 31.3 Å². The average Bonchev–Trinajstić information content (AvgIpc) is 3.18. The largest absolute Gasteiger partial charge is 0.377 e. The van der Waals surface area contributed by atoms with Crippen molar-refractivity contribution >= 4 is 23.3 Å². The van der Waals surface area contributed by atoms with Gasteiger partial charge in [-0.2, -0.15) is 9.50 Å². The number of rotatable bonds is 5. The average molecular weight is 398 g/mol. The van der Waals surface area contributed by atoms with Crippen molar-refractivity contribution in [1.82, 2.24) is 24.5 Å². The van der Waals surface area contributed by atoms with Gasteiger partial charge in [0, 0.05) is 19.1 Å². The molecule has 5 heterocycles. The van der Waals surface area contributed by atoms with Gasteiger partial charge in [0.15, 0.2) is 5.82 Å². The molecule has 0 saturated carbocycles. The van der Waals surface area contributed by atoms with Crippen LogP contribution in [0, 0.1) is 5.92 Å². The molecule has 0 radical (unpaired) electrons. The van der Waals surface area contributed by atoms with Crippen molar-refractivity contribution in [2.45, 2.75) is 38.8 Å². The first kappa shape index (κ1) is 18.5. The summed E-state index contributed by atoms with van der Waals surface area (Å²) in [4.78, 5) is 31.8. The third-order valence-electron chi connectivity index (χ3n) is 6.38. The molecule has 2 aromatic heterocycles. The van der Waals surface area contributed by atoms with E-state index in [4.69, 9.17) is 4.74 Å². The lowest BCUT2D eigenvalue weighted by Crippen LogP contribution is -2.65. The minimum atomic E-state index is -0.144. The molecule has 0 aromatic carbocycles. The second kappa shape index (κ2) is 7.38. The van der Waals surface area contributed by atoms with Crippen molar-refractivity contribution in [1.29, 1.82) is 0 Å². The molecule has 2 atom stereocenters. The van der Waals surface area contributed by atoms with Gasteiger partial charge in [-0.1, -0.05) is 13.0 Å². The van der Waals surface area contributed by atoms with E-state index in [1.54, 1.807) is 0 Å². The first-order valence-electron chi connectivity index (χ1n) is 10.4. The van der Waals surface area contributed by atoms with Crippen molar-refractivity contribution in [3.05, 3.63) is 27.9 Å². The van der Waals surface area contributed by atoms with Crippen LogP contribution in [-0.2, 0) is 22.5 Å². The Morgan fingerprint density at radius 1 is 1.41 bits per heavy atom. The Kier molecular flexibility index (Phi) is 4.71. The number of aldehydes is 1. The number of nitrogens with one attached hydrogen (secondary N) is 1. The fourth-order valence-corrected chi connectivity index (χ4v) is 4.85. The summed E-state index contributed by atoms with van der Waals surface area (Å²) in [6, 6.07) is 0.324. The highest BCUT2D eigenvalue weighted by molar-refractivity contribution is 5.64. The molecular weight excluding hydrogens is 372 g/mol. The molecule has 29 heavy (non-hydrogen) atoms. The molecule has 0 spiro atoms. The van der Waals surface area contributed by atoms with E-state index in [1.807, 2.05) is 17.6 Å². The number of carbonyl (C=O) groups is 1. The SMILES string of the molecule is CCc1c(N2CC3CCNCC32)c(=O)n2nc(C3=CCOCC3)nc2n1CC=O. The molecule has 2 fully saturated rings. The third kappa shape index (κ3) is 2.91. The molecule has 2 saturated heterocycles. The molecular formula is C20H26N6O3. The molecule has 2 unspecified atom stereocenters. The zero-order valence-corrected chi connectivity index (χ0v) is 16.6. The number of piperidine rings is 1. The monoisotopic (exact) mass is 398 g/mol. The van der Waals surface area contributed by atoms with Gasteiger partial charge in [-0.25, -0.2) is 0 Å². The van der Waals surface area contributed by atoms with Crippen LogP contribution in [0.15, 0.2) is 10.9 Å². The maximum Gasteiger partial charge on any atom is 0.299 e. The number of ether oxygens (including phenoxy) is 1. The number of hydrogen-bond acceptors (Lipinski definition) is 7. The summed E-state index contributed by atoms with van der Waals surface area (Å²) in [7, 11) is 0. The lowest BCUT2D eigenvalue weighted by molar-refractivity contribution is -0.108. The highest BCUT2D eigenvalue weighted by Gasteiger charge is 2.42. The van der Waals surface area contributed by atoms with Gasteiger partial charge in [-0.3, -0.25) is 4.79 Å². The number of hydrogen-bond donors (Lipinski definition) is 1.